The van der Waals surface area contributed by atoms with Crippen LogP contribution in [0.3, 0.4) is 0 Å². The summed E-state index contributed by atoms with van der Waals surface area (Å²) in [7, 11) is 0. The van der Waals surface area contributed by atoms with Gasteiger partial charge in [0.1, 0.15) is 6.10 Å². The molecule has 1 spiro atoms. The summed E-state index contributed by atoms with van der Waals surface area (Å²) in [4.78, 5) is 17.3. The first-order valence-electron chi connectivity index (χ1n) is 14.6. The lowest BCUT2D eigenvalue weighted by Crippen LogP contribution is -2.45. The standard InChI is InChI=1S/C32H45NO5/c1-18-16-25-21(4)24(28-17-20(3)31(36)38-28)11-13-32(25)12-6-14-33-29(32)10-9-27(35)22(5)30-19(2)15-23(37-30)7-8-26(18)34/h16-17,19,23,25-28,30,34-35H,5-15H2,1-4H3/b18-16+/t19-,23+,25+,26+,27-,28+,30-,32+/m1/s1. The van der Waals surface area contributed by atoms with E-state index in [1.807, 2.05) is 19.9 Å². The number of allylic oxidation sites excluding steroid dienone is 2. The summed E-state index contributed by atoms with van der Waals surface area (Å²) in [5.41, 5.74) is 5.86. The van der Waals surface area contributed by atoms with Gasteiger partial charge in [-0.05, 0) is 107 Å². The molecule has 0 unspecified atom stereocenters. The second-order valence-electron chi connectivity index (χ2n) is 12.5. The van der Waals surface area contributed by atoms with E-state index in [4.69, 9.17) is 14.5 Å². The largest absolute Gasteiger partial charge is 0.450 e. The molecule has 2 bridgehead atoms. The maximum atomic E-state index is 12.2. The van der Waals surface area contributed by atoms with Gasteiger partial charge in [0.15, 0.2) is 0 Å². The number of rotatable bonds is 1. The van der Waals surface area contributed by atoms with Gasteiger partial charge in [-0.3, -0.25) is 4.99 Å². The molecule has 0 aromatic heterocycles. The van der Waals surface area contributed by atoms with Gasteiger partial charge in [-0.15, -0.1) is 0 Å². The number of ether oxygens (including phenoxy) is 2. The van der Waals surface area contributed by atoms with E-state index in [0.29, 0.717) is 24.3 Å². The number of esters is 1. The van der Waals surface area contributed by atoms with E-state index >= 15 is 0 Å². The molecule has 1 fully saturated rings. The van der Waals surface area contributed by atoms with Crippen LogP contribution in [0, 0.1) is 17.3 Å². The fraction of sp³-hybridized carbons (Fsp3) is 0.688. The molecule has 0 radical (unpaired) electrons. The molecular formula is C32H45NO5. The van der Waals surface area contributed by atoms with Crippen molar-refractivity contribution >= 4 is 11.7 Å². The molecule has 38 heavy (non-hydrogen) atoms. The highest BCUT2D eigenvalue weighted by atomic mass is 16.5. The Hall–Kier alpha value is -2.02. The number of hydrogen-bond donors (Lipinski definition) is 2. The zero-order valence-electron chi connectivity index (χ0n) is 23.5. The third kappa shape index (κ3) is 5.00. The normalized spacial score (nSPS) is 42.2. The number of fused-ring (bicyclic) bond motifs is 2. The van der Waals surface area contributed by atoms with Crippen LogP contribution in [0.25, 0.3) is 0 Å². The van der Waals surface area contributed by atoms with Gasteiger partial charge in [0.2, 0.25) is 0 Å². The summed E-state index contributed by atoms with van der Waals surface area (Å²) in [6.07, 6.45) is 10.2. The van der Waals surface area contributed by atoms with Crippen molar-refractivity contribution in [3.63, 3.8) is 0 Å². The van der Waals surface area contributed by atoms with E-state index in [-0.39, 0.29) is 35.6 Å². The lowest BCUT2D eigenvalue weighted by molar-refractivity contribution is -0.138. The Kier molecular flexibility index (Phi) is 7.87. The summed E-state index contributed by atoms with van der Waals surface area (Å²) in [6.45, 7) is 13.3. The molecular weight excluding hydrogens is 478 g/mol. The summed E-state index contributed by atoms with van der Waals surface area (Å²) in [5.74, 6) is 0.129. The molecule has 6 nitrogen and oxygen atoms in total. The van der Waals surface area contributed by atoms with Crippen LogP contribution in [-0.4, -0.2) is 59.0 Å². The van der Waals surface area contributed by atoms with Crippen LogP contribution in [0.4, 0.5) is 0 Å². The Morgan fingerprint density at radius 2 is 1.84 bits per heavy atom. The number of aliphatic hydroxyl groups is 2. The predicted molar refractivity (Wildman–Crippen MR) is 149 cm³/mol. The molecule has 0 saturated carbocycles. The number of aliphatic imine (C=N–C) groups is 1. The summed E-state index contributed by atoms with van der Waals surface area (Å²) >= 11 is 0. The van der Waals surface area contributed by atoms with E-state index < -0.39 is 12.2 Å². The predicted octanol–water partition coefficient (Wildman–Crippen LogP) is 5.40. The first-order valence-corrected chi connectivity index (χ1v) is 14.6. The molecule has 6 heteroatoms. The van der Waals surface area contributed by atoms with Gasteiger partial charge in [-0.1, -0.05) is 25.2 Å². The highest BCUT2D eigenvalue weighted by Gasteiger charge is 2.48. The van der Waals surface area contributed by atoms with Gasteiger partial charge in [0.05, 0.1) is 24.4 Å². The maximum Gasteiger partial charge on any atom is 0.334 e. The number of carbonyl (C=O) groups is 1. The number of hydrogen-bond acceptors (Lipinski definition) is 6. The molecule has 0 amide bonds. The molecule has 4 aliphatic heterocycles. The van der Waals surface area contributed by atoms with Crippen LogP contribution >= 0.6 is 0 Å². The zero-order valence-corrected chi connectivity index (χ0v) is 23.5. The first kappa shape index (κ1) is 27.5. The van der Waals surface area contributed by atoms with Crippen LogP contribution in [0.5, 0.6) is 0 Å². The number of aliphatic hydroxyl groups excluding tert-OH is 2. The Bertz CT molecular complexity index is 1100. The third-order valence-corrected chi connectivity index (χ3v) is 10.0. The van der Waals surface area contributed by atoms with E-state index in [2.05, 4.69) is 26.5 Å². The summed E-state index contributed by atoms with van der Waals surface area (Å²) < 4.78 is 12.1. The molecule has 1 aliphatic carbocycles. The molecule has 1 saturated heterocycles. The van der Waals surface area contributed by atoms with Gasteiger partial charge in [0, 0.05) is 29.2 Å². The molecule has 2 N–H and O–H groups in total. The van der Waals surface area contributed by atoms with Crippen molar-refractivity contribution < 1.29 is 24.5 Å². The van der Waals surface area contributed by atoms with Crippen molar-refractivity contribution in [2.45, 2.75) is 116 Å². The van der Waals surface area contributed by atoms with Crippen LogP contribution in [0.1, 0.15) is 85.5 Å². The zero-order chi connectivity index (χ0) is 27.2. The van der Waals surface area contributed by atoms with Crippen molar-refractivity contribution in [3.8, 4) is 0 Å². The molecule has 208 valence electrons. The molecule has 4 heterocycles. The highest BCUT2D eigenvalue weighted by molar-refractivity contribution is 5.93. The molecule has 0 aromatic carbocycles. The van der Waals surface area contributed by atoms with Crippen LogP contribution in [-0.2, 0) is 14.3 Å². The van der Waals surface area contributed by atoms with Gasteiger partial charge < -0.3 is 19.7 Å². The van der Waals surface area contributed by atoms with E-state index in [9.17, 15) is 15.0 Å². The number of cyclic esters (lactones) is 1. The summed E-state index contributed by atoms with van der Waals surface area (Å²) in [5, 5.41) is 22.4. The van der Waals surface area contributed by atoms with Crippen LogP contribution in [0.2, 0.25) is 0 Å². The smallest absolute Gasteiger partial charge is 0.334 e. The third-order valence-electron chi connectivity index (χ3n) is 10.0. The molecule has 8 atom stereocenters. The van der Waals surface area contributed by atoms with Crippen molar-refractivity contribution in [1.29, 1.82) is 0 Å². The van der Waals surface area contributed by atoms with Gasteiger partial charge >= 0.3 is 5.97 Å². The molecule has 0 aromatic rings. The number of nitrogens with zero attached hydrogens (tertiary/aromatic N) is 1. The highest BCUT2D eigenvalue weighted by Crippen LogP contribution is 2.53. The Labute approximate surface area is 227 Å². The van der Waals surface area contributed by atoms with E-state index in [1.54, 1.807) is 0 Å². The Morgan fingerprint density at radius 1 is 1.05 bits per heavy atom. The minimum Gasteiger partial charge on any atom is -0.450 e. The molecule has 5 rings (SSSR count). The fourth-order valence-corrected chi connectivity index (χ4v) is 7.70. The van der Waals surface area contributed by atoms with Gasteiger partial charge in [-0.2, -0.15) is 0 Å². The second kappa shape index (κ2) is 10.9. The first-order chi connectivity index (χ1) is 18.1. The van der Waals surface area contributed by atoms with Gasteiger partial charge in [0.25, 0.3) is 0 Å². The monoisotopic (exact) mass is 523 g/mol. The summed E-state index contributed by atoms with van der Waals surface area (Å²) in [6, 6.07) is 0. The SMILES string of the molecule is C=C1[C@H](O)CCC2=NCCC[C@@]23CCC([C@@H]2C=C(C)C(=O)O2)=C(C)[C@@H]3/C=C(\C)[C@@H](O)CC[C@H]2C[C@@H](C)[C@H]1O2. The average Bonchev–Trinajstić information content (AvgIpc) is 3.43. The minimum absolute atomic E-state index is 0.0613. The van der Waals surface area contributed by atoms with Crippen LogP contribution < -0.4 is 0 Å². The van der Waals surface area contributed by atoms with Crippen molar-refractivity contribution in [2.24, 2.45) is 22.2 Å². The lowest BCUT2D eigenvalue weighted by Gasteiger charge is -2.48. The topological polar surface area (TPSA) is 88.4 Å². The van der Waals surface area contributed by atoms with Crippen molar-refractivity contribution in [2.75, 3.05) is 6.54 Å². The van der Waals surface area contributed by atoms with E-state index in [1.165, 1.54) is 16.9 Å². The Morgan fingerprint density at radius 3 is 2.58 bits per heavy atom. The molecule has 5 aliphatic rings. The quantitative estimate of drug-likeness (QED) is 0.355. The maximum absolute atomic E-state index is 12.2. The minimum atomic E-state index is -0.629. The van der Waals surface area contributed by atoms with Crippen molar-refractivity contribution in [1.82, 2.24) is 0 Å². The van der Waals surface area contributed by atoms with Crippen molar-refractivity contribution in [3.05, 3.63) is 46.6 Å². The van der Waals surface area contributed by atoms with Gasteiger partial charge in [-0.25, -0.2) is 4.79 Å². The van der Waals surface area contributed by atoms with Crippen LogP contribution in [0.15, 0.2) is 51.6 Å². The fourth-order valence-electron chi connectivity index (χ4n) is 7.70. The average molecular weight is 524 g/mol. The number of carbonyl (C=O) groups excluding carboxylic acids is 1. The van der Waals surface area contributed by atoms with E-state index in [0.717, 1.165) is 62.6 Å². The Balaban J connectivity index is 1.55. The lowest BCUT2D eigenvalue weighted by atomic mass is 9.57. The second-order valence-corrected chi connectivity index (χ2v) is 12.5.